The predicted molar refractivity (Wildman–Crippen MR) is 65.0 cm³/mol. The summed E-state index contributed by atoms with van der Waals surface area (Å²) >= 11 is 0. The molecule has 2 aliphatic carbocycles. The average Bonchev–Trinajstić information content (AvgIpc) is 2.57. The Bertz CT molecular complexity index is 347. The van der Waals surface area contributed by atoms with Gasteiger partial charge in [-0.1, -0.05) is 25.7 Å². The lowest BCUT2D eigenvalue weighted by atomic mass is 10.0. The molecule has 2 aliphatic rings. The minimum atomic E-state index is -3.67. The van der Waals surface area contributed by atoms with E-state index in [4.69, 9.17) is 9.11 Å². The van der Waals surface area contributed by atoms with Crippen LogP contribution in [0.4, 0.5) is 0 Å². The van der Waals surface area contributed by atoms with Crippen molar-refractivity contribution in [1.82, 2.24) is 0 Å². The first kappa shape index (κ1) is 16.8. The van der Waals surface area contributed by atoms with E-state index in [1.54, 1.807) is 32.1 Å². The van der Waals surface area contributed by atoms with Crippen molar-refractivity contribution in [1.29, 1.82) is 0 Å². The summed E-state index contributed by atoms with van der Waals surface area (Å²) in [6.07, 6.45) is 9.25. The Morgan fingerprint density at radius 1 is 0.765 bits per heavy atom. The van der Waals surface area contributed by atoms with Crippen LogP contribution in [0.25, 0.3) is 0 Å². The molecule has 2 N–H and O–H groups in total. The van der Waals surface area contributed by atoms with Crippen molar-refractivity contribution in [3.05, 3.63) is 0 Å². The van der Waals surface area contributed by atoms with Crippen LogP contribution in [0.5, 0.6) is 0 Å². The first-order chi connectivity index (χ1) is 7.45. The fourth-order valence-corrected chi connectivity index (χ4v) is 2.17. The van der Waals surface area contributed by atoms with Gasteiger partial charge in [-0.05, 0) is 18.3 Å². The maximum atomic E-state index is 9.19. The van der Waals surface area contributed by atoms with Gasteiger partial charge in [-0.3, -0.25) is 9.11 Å². The van der Waals surface area contributed by atoms with Gasteiger partial charge in [0, 0.05) is 0 Å². The van der Waals surface area contributed by atoms with Crippen molar-refractivity contribution in [2.75, 3.05) is 12.5 Å². The fraction of sp³-hybridized carbons (Fsp3) is 1.00. The molecule has 104 valence electrons. The highest BCUT2D eigenvalue weighted by Gasteiger charge is 2.30. The predicted octanol–water partition coefficient (Wildman–Crippen LogP) is 1.20. The molecule has 0 unspecified atom stereocenters. The van der Waals surface area contributed by atoms with Crippen molar-refractivity contribution in [3.8, 4) is 0 Å². The highest BCUT2D eigenvalue weighted by Crippen LogP contribution is 2.43. The third-order valence-electron chi connectivity index (χ3n) is 2.63. The minimum absolute atomic E-state index is 0.715. The second kappa shape index (κ2) is 6.67. The van der Waals surface area contributed by atoms with Crippen LogP contribution >= 0.6 is 0 Å². The molecule has 8 heteroatoms. The highest BCUT2D eigenvalue weighted by molar-refractivity contribution is 7.85. The molecule has 0 atom stereocenters. The Kier molecular flexibility index (Phi) is 6.60. The van der Waals surface area contributed by atoms with Crippen molar-refractivity contribution in [3.63, 3.8) is 0 Å². The lowest BCUT2D eigenvalue weighted by molar-refractivity contribution is 0.480. The molecule has 0 aromatic carbocycles. The van der Waals surface area contributed by atoms with Crippen LogP contribution in [0.2, 0.25) is 0 Å². The lowest BCUT2D eigenvalue weighted by Gasteiger charge is -2.05. The monoisotopic (exact) mass is 288 g/mol. The second-order valence-corrected chi connectivity index (χ2v) is 7.52. The summed E-state index contributed by atoms with van der Waals surface area (Å²) in [6, 6.07) is 0. The molecule has 0 amide bonds. The Morgan fingerprint density at radius 3 is 1.00 bits per heavy atom. The van der Waals surface area contributed by atoms with Crippen molar-refractivity contribution in [2.24, 2.45) is 11.8 Å². The average molecular weight is 288 g/mol. The van der Waals surface area contributed by atoms with Crippen LogP contribution < -0.4 is 0 Å². The highest BCUT2D eigenvalue weighted by atomic mass is 32.2. The molecule has 2 fully saturated rings. The maximum absolute atomic E-state index is 9.19. The SMILES string of the molecule is C1CC2CCC1C2.CS(=O)(=O)O.CS(=O)(=O)O. The van der Waals surface area contributed by atoms with E-state index < -0.39 is 20.2 Å². The van der Waals surface area contributed by atoms with E-state index in [1.807, 2.05) is 0 Å². The number of hydrogen-bond acceptors (Lipinski definition) is 4. The van der Waals surface area contributed by atoms with E-state index in [2.05, 4.69) is 0 Å². The van der Waals surface area contributed by atoms with Gasteiger partial charge in [0.15, 0.2) is 0 Å². The van der Waals surface area contributed by atoms with Gasteiger partial charge in [-0.15, -0.1) is 0 Å². The van der Waals surface area contributed by atoms with Crippen LogP contribution in [0.3, 0.4) is 0 Å². The summed E-state index contributed by atoms with van der Waals surface area (Å²) in [7, 11) is -7.33. The lowest BCUT2D eigenvalue weighted by Crippen LogP contribution is -1.90. The van der Waals surface area contributed by atoms with E-state index in [0.717, 1.165) is 0 Å². The molecule has 2 saturated carbocycles. The number of fused-ring (bicyclic) bond motifs is 2. The molecule has 0 radical (unpaired) electrons. The van der Waals surface area contributed by atoms with E-state index in [9.17, 15) is 16.8 Å². The summed E-state index contributed by atoms with van der Waals surface area (Å²) in [6.45, 7) is 0. The Hall–Kier alpha value is -0.180. The molecule has 0 aromatic heterocycles. The Balaban J connectivity index is 0.000000235. The largest absolute Gasteiger partial charge is 0.286 e. The van der Waals surface area contributed by atoms with E-state index in [1.165, 1.54) is 11.8 Å². The summed E-state index contributed by atoms with van der Waals surface area (Å²) in [4.78, 5) is 0. The van der Waals surface area contributed by atoms with Gasteiger partial charge in [0.25, 0.3) is 20.2 Å². The quantitative estimate of drug-likeness (QED) is 0.648. The smallest absolute Gasteiger partial charge is 0.261 e. The Morgan fingerprint density at radius 2 is 0.941 bits per heavy atom. The van der Waals surface area contributed by atoms with Crippen LogP contribution in [-0.2, 0) is 20.2 Å². The van der Waals surface area contributed by atoms with Crippen molar-refractivity contribution in [2.45, 2.75) is 32.1 Å². The molecule has 6 nitrogen and oxygen atoms in total. The normalized spacial score (nSPS) is 26.6. The molecule has 2 rings (SSSR count). The zero-order valence-electron chi connectivity index (χ0n) is 10.0. The summed E-state index contributed by atoms with van der Waals surface area (Å²) in [5.74, 6) is 2.34. The summed E-state index contributed by atoms with van der Waals surface area (Å²) < 4.78 is 51.7. The van der Waals surface area contributed by atoms with Crippen LogP contribution in [-0.4, -0.2) is 38.5 Å². The minimum Gasteiger partial charge on any atom is -0.286 e. The van der Waals surface area contributed by atoms with Gasteiger partial charge in [-0.2, -0.15) is 16.8 Å². The van der Waals surface area contributed by atoms with Crippen LogP contribution in [0.15, 0.2) is 0 Å². The van der Waals surface area contributed by atoms with Crippen molar-refractivity contribution >= 4 is 20.2 Å². The number of rotatable bonds is 0. The van der Waals surface area contributed by atoms with E-state index in [0.29, 0.717) is 12.5 Å². The molecular weight excluding hydrogens is 268 g/mol. The standard InChI is InChI=1S/C7H12.2CH4O3S/c1-2-7-4-3-6(1)5-7;2*1-5(2,3)4/h6-7H,1-5H2;2*1H3,(H,2,3,4). The van der Waals surface area contributed by atoms with Gasteiger partial charge < -0.3 is 0 Å². The van der Waals surface area contributed by atoms with E-state index >= 15 is 0 Å². The molecule has 0 aromatic rings. The molecule has 0 aliphatic heterocycles. The zero-order chi connectivity index (χ0) is 13.7. The first-order valence-corrected chi connectivity index (χ1v) is 8.99. The van der Waals surface area contributed by atoms with Crippen molar-refractivity contribution < 1.29 is 25.9 Å². The molecule has 0 saturated heterocycles. The first-order valence-electron chi connectivity index (χ1n) is 5.30. The van der Waals surface area contributed by atoms with Crippen LogP contribution in [0.1, 0.15) is 32.1 Å². The van der Waals surface area contributed by atoms with E-state index in [-0.39, 0.29) is 0 Å². The Labute approximate surface area is 103 Å². The second-order valence-electron chi connectivity index (χ2n) is 4.59. The maximum Gasteiger partial charge on any atom is 0.261 e. The fourth-order valence-electron chi connectivity index (χ4n) is 2.17. The van der Waals surface area contributed by atoms with Gasteiger partial charge in [0.1, 0.15) is 0 Å². The molecule has 2 bridgehead atoms. The third-order valence-corrected chi connectivity index (χ3v) is 2.63. The molecule has 0 heterocycles. The molecule has 17 heavy (non-hydrogen) atoms. The van der Waals surface area contributed by atoms with Gasteiger partial charge >= 0.3 is 0 Å². The van der Waals surface area contributed by atoms with Gasteiger partial charge in [-0.25, -0.2) is 0 Å². The third kappa shape index (κ3) is 15.8. The zero-order valence-corrected chi connectivity index (χ0v) is 11.7. The summed E-state index contributed by atoms with van der Waals surface area (Å²) in [5, 5.41) is 0. The molecule has 0 spiro atoms. The topological polar surface area (TPSA) is 109 Å². The van der Waals surface area contributed by atoms with Gasteiger partial charge in [0.05, 0.1) is 12.5 Å². The van der Waals surface area contributed by atoms with Crippen LogP contribution in [0, 0.1) is 11.8 Å². The number of hydrogen-bond donors (Lipinski definition) is 2. The van der Waals surface area contributed by atoms with Gasteiger partial charge in [0.2, 0.25) is 0 Å². The molecular formula is C9H20O6S2. The summed E-state index contributed by atoms with van der Waals surface area (Å²) in [5.41, 5.74) is 0.